The monoisotopic (exact) mass is 271 g/mol. The third kappa shape index (κ3) is 3.89. The summed E-state index contributed by atoms with van der Waals surface area (Å²) < 4.78 is 4.79. The van der Waals surface area contributed by atoms with Crippen LogP contribution in [0.5, 0.6) is 0 Å². The summed E-state index contributed by atoms with van der Waals surface area (Å²) in [5.74, 6) is 1.11. The van der Waals surface area contributed by atoms with Crippen molar-refractivity contribution in [2.24, 2.45) is 5.41 Å². The Morgan fingerprint density at radius 2 is 2.22 bits per heavy atom. The standard InChI is InChI=1S/C14H25NO2S/c1-3-15-11-4-5-12(8-11)18-10-14(6-7-14)9-13(16)17-2/h11-12,15H,3-10H2,1-2H3. The second-order valence-corrected chi connectivity index (χ2v) is 7.04. The topological polar surface area (TPSA) is 38.3 Å². The molecule has 3 nitrogen and oxygen atoms in total. The molecule has 2 rings (SSSR count). The van der Waals surface area contributed by atoms with E-state index in [0.717, 1.165) is 23.6 Å². The second kappa shape index (κ2) is 6.29. The van der Waals surface area contributed by atoms with Crippen LogP contribution in [-0.2, 0) is 9.53 Å². The second-order valence-electron chi connectivity index (χ2n) is 5.75. The van der Waals surface area contributed by atoms with Gasteiger partial charge in [-0.1, -0.05) is 6.92 Å². The summed E-state index contributed by atoms with van der Waals surface area (Å²) in [7, 11) is 1.49. The van der Waals surface area contributed by atoms with Crippen molar-refractivity contribution in [3.8, 4) is 0 Å². The van der Waals surface area contributed by atoms with Gasteiger partial charge in [-0.3, -0.25) is 4.79 Å². The first-order chi connectivity index (χ1) is 8.67. The van der Waals surface area contributed by atoms with E-state index in [1.165, 1.54) is 39.2 Å². The zero-order valence-corrected chi connectivity index (χ0v) is 12.4. The normalized spacial score (nSPS) is 29.2. The number of methoxy groups -OCH3 is 1. The molecular formula is C14H25NO2S. The van der Waals surface area contributed by atoms with Crippen LogP contribution in [0.1, 0.15) is 45.4 Å². The molecule has 0 spiro atoms. The van der Waals surface area contributed by atoms with E-state index < -0.39 is 0 Å². The largest absolute Gasteiger partial charge is 0.469 e. The number of thioether (sulfide) groups is 1. The highest BCUT2D eigenvalue weighted by Crippen LogP contribution is 2.52. The number of hydrogen-bond donors (Lipinski definition) is 1. The maximum absolute atomic E-state index is 11.4. The molecule has 104 valence electrons. The molecule has 0 bridgehead atoms. The molecule has 2 aliphatic rings. The first-order valence-corrected chi connectivity index (χ1v) is 8.14. The molecular weight excluding hydrogens is 246 g/mol. The Labute approximate surface area is 114 Å². The Kier molecular flexibility index (Phi) is 4.96. The van der Waals surface area contributed by atoms with Crippen LogP contribution in [0, 0.1) is 5.41 Å². The SMILES string of the molecule is CCNC1CCC(SCC2(CC(=O)OC)CC2)C1. The van der Waals surface area contributed by atoms with Gasteiger partial charge >= 0.3 is 5.97 Å². The first kappa shape index (κ1) is 14.2. The fourth-order valence-corrected chi connectivity index (χ4v) is 4.44. The van der Waals surface area contributed by atoms with Crippen LogP contribution in [0.25, 0.3) is 0 Å². The number of nitrogens with one attached hydrogen (secondary N) is 1. The van der Waals surface area contributed by atoms with Crippen molar-refractivity contribution in [3.63, 3.8) is 0 Å². The third-order valence-corrected chi connectivity index (χ3v) is 5.89. The summed E-state index contributed by atoms with van der Waals surface area (Å²) in [6.45, 7) is 3.25. The minimum atomic E-state index is -0.0370. The molecule has 2 unspecified atom stereocenters. The van der Waals surface area contributed by atoms with E-state index in [1.54, 1.807) is 0 Å². The molecule has 0 radical (unpaired) electrons. The molecule has 2 saturated carbocycles. The molecule has 2 fully saturated rings. The number of carbonyl (C=O) groups excluding carboxylic acids is 1. The number of esters is 1. The van der Waals surface area contributed by atoms with Crippen LogP contribution < -0.4 is 5.32 Å². The van der Waals surface area contributed by atoms with Gasteiger partial charge in [0, 0.05) is 11.3 Å². The molecule has 1 N–H and O–H groups in total. The maximum Gasteiger partial charge on any atom is 0.306 e. The first-order valence-electron chi connectivity index (χ1n) is 7.09. The lowest BCUT2D eigenvalue weighted by atomic mass is 10.1. The number of ether oxygens (including phenoxy) is 1. The molecule has 0 aliphatic heterocycles. The summed E-state index contributed by atoms with van der Waals surface area (Å²) in [6, 6.07) is 0.725. The predicted molar refractivity (Wildman–Crippen MR) is 75.9 cm³/mol. The molecule has 2 atom stereocenters. The summed E-state index contributed by atoms with van der Waals surface area (Å²) >= 11 is 2.09. The zero-order chi connectivity index (χ0) is 13.0. The highest BCUT2D eigenvalue weighted by molar-refractivity contribution is 7.99. The molecule has 0 aromatic rings. The Morgan fingerprint density at radius 3 is 2.83 bits per heavy atom. The molecule has 18 heavy (non-hydrogen) atoms. The Bertz CT molecular complexity index is 292. The smallest absolute Gasteiger partial charge is 0.306 e. The average Bonchev–Trinajstić information content (AvgIpc) is 2.97. The average molecular weight is 271 g/mol. The van der Waals surface area contributed by atoms with Crippen LogP contribution in [0.4, 0.5) is 0 Å². The Hall–Kier alpha value is -0.220. The molecule has 0 aromatic carbocycles. The zero-order valence-electron chi connectivity index (χ0n) is 11.5. The van der Waals surface area contributed by atoms with Gasteiger partial charge in [0.2, 0.25) is 0 Å². The van der Waals surface area contributed by atoms with E-state index in [0.29, 0.717) is 6.42 Å². The van der Waals surface area contributed by atoms with Crippen molar-refractivity contribution in [3.05, 3.63) is 0 Å². The fraction of sp³-hybridized carbons (Fsp3) is 0.929. The number of rotatable bonds is 7. The lowest BCUT2D eigenvalue weighted by Crippen LogP contribution is -2.26. The van der Waals surface area contributed by atoms with Gasteiger partial charge in [-0.05, 0) is 49.8 Å². The lowest BCUT2D eigenvalue weighted by molar-refractivity contribution is -0.141. The molecule has 0 aromatic heterocycles. The highest BCUT2D eigenvalue weighted by atomic mass is 32.2. The summed E-state index contributed by atoms with van der Waals surface area (Å²) in [5.41, 5.74) is 0.286. The highest BCUT2D eigenvalue weighted by Gasteiger charge is 2.45. The van der Waals surface area contributed by atoms with Gasteiger partial charge in [0.25, 0.3) is 0 Å². The van der Waals surface area contributed by atoms with Gasteiger partial charge in [-0.2, -0.15) is 11.8 Å². The van der Waals surface area contributed by atoms with Crippen molar-refractivity contribution < 1.29 is 9.53 Å². The van der Waals surface area contributed by atoms with Crippen LogP contribution in [0.15, 0.2) is 0 Å². The van der Waals surface area contributed by atoms with Gasteiger partial charge in [0.1, 0.15) is 0 Å². The van der Waals surface area contributed by atoms with Crippen molar-refractivity contribution in [2.75, 3.05) is 19.4 Å². The molecule has 0 heterocycles. The molecule has 0 saturated heterocycles. The minimum Gasteiger partial charge on any atom is -0.469 e. The van der Waals surface area contributed by atoms with Gasteiger partial charge in [0.05, 0.1) is 13.5 Å². The fourth-order valence-electron chi connectivity index (χ4n) is 2.79. The van der Waals surface area contributed by atoms with Crippen LogP contribution >= 0.6 is 11.8 Å². The lowest BCUT2D eigenvalue weighted by Gasteiger charge is -2.17. The van der Waals surface area contributed by atoms with Gasteiger partial charge in [0.15, 0.2) is 0 Å². The van der Waals surface area contributed by atoms with E-state index in [2.05, 4.69) is 24.0 Å². The quantitative estimate of drug-likeness (QED) is 0.722. The van der Waals surface area contributed by atoms with Crippen molar-refractivity contribution in [1.29, 1.82) is 0 Å². The van der Waals surface area contributed by atoms with E-state index in [-0.39, 0.29) is 11.4 Å². The van der Waals surface area contributed by atoms with Crippen LogP contribution in [-0.4, -0.2) is 36.7 Å². The van der Waals surface area contributed by atoms with Crippen LogP contribution in [0.2, 0.25) is 0 Å². The maximum atomic E-state index is 11.4. The van der Waals surface area contributed by atoms with Gasteiger partial charge < -0.3 is 10.1 Å². The van der Waals surface area contributed by atoms with Crippen molar-refractivity contribution >= 4 is 17.7 Å². The van der Waals surface area contributed by atoms with Crippen LogP contribution in [0.3, 0.4) is 0 Å². The van der Waals surface area contributed by atoms with Crippen molar-refractivity contribution in [1.82, 2.24) is 5.32 Å². The summed E-state index contributed by atoms with van der Waals surface area (Å²) in [5, 5.41) is 4.34. The summed E-state index contributed by atoms with van der Waals surface area (Å²) in [4.78, 5) is 11.4. The van der Waals surface area contributed by atoms with E-state index in [1.807, 2.05) is 0 Å². The molecule has 2 aliphatic carbocycles. The molecule has 4 heteroatoms. The van der Waals surface area contributed by atoms with Gasteiger partial charge in [-0.25, -0.2) is 0 Å². The summed E-state index contributed by atoms with van der Waals surface area (Å²) in [6.07, 6.45) is 6.98. The van der Waals surface area contributed by atoms with Gasteiger partial charge in [-0.15, -0.1) is 0 Å². The van der Waals surface area contributed by atoms with Crippen molar-refractivity contribution in [2.45, 2.75) is 56.7 Å². The minimum absolute atomic E-state index is 0.0370. The van der Waals surface area contributed by atoms with E-state index >= 15 is 0 Å². The molecule has 0 amide bonds. The number of carbonyl (C=O) groups is 1. The van der Waals surface area contributed by atoms with E-state index in [9.17, 15) is 4.79 Å². The Balaban J connectivity index is 1.68. The Morgan fingerprint density at radius 1 is 1.44 bits per heavy atom. The third-order valence-electron chi connectivity index (χ3n) is 4.21. The van der Waals surface area contributed by atoms with E-state index in [4.69, 9.17) is 4.74 Å². The number of hydrogen-bond acceptors (Lipinski definition) is 4. The predicted octanol–water partition coefficient (Wildman–Crippen LogP) is 2.59.